The van der Waals surface area contributed by atoms with E-state index in [4.69, 9.17) is 0 Å². The second-order valence-corrected chi connectivity index (χ2v) is 4.66. The number of esters is 1. The number of hydrogen-bond acceptors (Lipinski definition) is 4. The first kappa shape index (κ1) is 12.4. The highest BCUT2D eigenvalue weighted by Gasteiger charge is 2.10. The second-order valence-electron chi connectivity index (χ2n) is 2.82. The Balaban J connectivity index is 2.99. The number of ether oxygens (including phenoxy) is 1. The summed E-state index contributed by atoms with van der Waals surface area (Å²) in [4.78, 5) is 10.6. The summed E-state index contributed by atoms with van der Waals surface area (Å²) in [6.45, 7) is 0. The van der Waals surface area contributed by atoms with Gasteiger partial charge in [0.25, 0.3) is 0 Å². The first-order valence-corrected chi connectivity index (χ1v) is 5.77. The molecule has 0 amide bonds. The van der Waals surface area contributed by atoms with Crippen molar-refractivity contribution in [3.05, 3.63) is 41.6 Å². The van der Waals surface area contributed by atoms with Crippen LogP contribution in [0.5, 0.6) is 0 Å². The van der Waals surface area contributed by atoms with Gasteiger partial charge in [0.15, 0.2) is 9.84 Å². The Morgan fingerprint density at radius 2 is 1.88 bits per heavy atom. The van der Waals surface area contributed by atoms with Gasteiger partial charge in [-0.25, -0.2) is 17.6 Å². The third kappa shape index (κ3) is 3.16. The van der Waals surface area contributed by atoms with E-state index in [0.29, 0.717) is 5.41 Å². The predicted molar refractivity (Wildman–Crippen MR) is 54.7 cm³/mol. The number of sulfone groups is 1. The highest BCUT2D eigenvalue weighted by Crippen LogP contribution is 2.12. The standard InChI is InChI=1S/C10H9FO4S/c1-15-10(12)6-7-16(13,14)9-4-2-8(11)3-5-9/h2-7H,1H3/b7-6+. The SMILES string of the molecule is COC(=O)/C=C/S(=O)(=O)c1ccc(F)cc1. The van der Waals surface area contributed by atoms with E-state index in [9.17, 15) is 17.6 Å². The van der Waals surface area contributed by atoms with Crippen molar-refractivity contribution < 1.29 is 22.3 Å². The molecule has 1 rings (SSSR count). The highest BCUT2D eigenvalue weighted by atomic mass is 32.2. The van der Waals surface area contributed by atoms with Crippen LogP contribution >= 0.6 is 0 Å². The van der Waals surface area contributed by atoms with Gasteiger partial charge in [-0.05, 0) is 24.3 Å². The molecule has 0 heterocycles. The molecule has 4 nitrogen and oxygen atoms in total. The summed E-state index contributed by atoms with van der Waals surface area (Å²) in [5, 5.41) is 0.714. The number of carbonyl (C=O) groups excluding carboxylic acids is 1. The average Bonchev–Trinajstić information content (AvgIpc) is 2.26. The molecule has 0 spiro atoms. The molecule has 0 aliphatic heterocycles. The quantitative estimate of drug-likeness (QED) is 0.456. The Morgan fingerprint density at radius 1 is 1.31 bits per heavy atom. The molecule has 0 fully saturated rings. The number of benzene rings is 1. The lowest BCUT2D eigenvalue weighted by molar-refractivity contribution is -0.134. The molecule has 0 radical (unpaired) electrons. The molecule has 16 heavy (non-hydrogen) atoms. The molecule has 0 aromatic heterocycles. The summed E-state index contributed by atoms with van der Waals surface area (Å²) in [7, 11) is -2.59. The van der Waals surface area contributed by atoms with Crippen LogP contribution < -0.4 is 0 Å². The summed E-state index contributed by atoms with van der Waals surface area (Å²) in [5.41, 5.74) is 0. The smallest absolute Gasteiger partial charge is 0.331 e. The molecule has 0 atom stereocenters. The summed E-state index contributed by atoms with van der Waals surface area (Å²) >= 11 is 0. The first-order valence-electron chi connectivity index (χ1n) is 4.22. The maximum absolute atomic E-state index is 12.6. The predicted octanol–water partition coefficient (Wildman–Crippen LogP) is 1.29. The van der Waals surface area contributed by atoms with Crippen LogP contribution in [0.4, 0.5) is 4.39 Å². The van der Waals surface area contributed by atoms with Gasteiger partial charge in [-0.2, -0.15) is 0 Å². The van der Waals surface area contributed by atoms with Crippen molar-refractivity contribution in [2.24, 2.45) is 0 Å². The number of rotatable bonds is 3. The van der Waals surface area contributed by atoms with Crippen molar-refractivity contribution in [3.8, 4) is 0 Å². The van der Waals surface area contributed by atoms with Crippen LogP contribution in [-0.4, -0.2) is 21.5 Å². The van der Waals surface area contributed by atoms with Gasteiger partial charge in [-0.15, -0.1) is 0 Å². The molecule has 1 aromatic carbocycles. The highest BCUT2D eigenvalue weighted by molar-refractivity contribution is 7.94. The Labute approximate surface area is 92.3 Å². The fourth-order valence-corrected chi connectivity index (χ4v) is 1.88. The molecule has 0 saturated heterocycles. The molecular weight excluding hydrogens is 235 g/mol. The van der Waals surface area contributed by atoms with Crippen LogP contribution in [-0.2, 0) is 19.4 Å². The molecule has 0 aliphatic carbocycles. The number of halogens is 1. The van der Waals surface area contributed by atoms with E-state index >= 15 is 0 Å². The number of hydrogen-bond donors (Lipinski definition) is 0. The van der Waals surface area contributed by atoms with E-state index in [-0.39, 0.29) is 4.90 Å². The maximum atomic E-state index is 12.6. The topological polar surface area (TPSA) is 60.4 Å². The fraction of sp³-hybridized carbons (Fsp3) is 0.100. The molecule has 0 N–H and O–H groups in total. The van der Waals surface area contributed by atoms with Gasteiger partial charge < -0.3 is 4.74 Å². The van der Waals surface area contributed by atoms with E-state index in [1.54, 1.807) is 0 Å². The Bertz CT molecular complexity index is 502. The van der Waals surface area contributed by atoms with Gasteiger partial charge in [0.05, 0.1) is 12.0 Å². The van der Waals surface area contributed by atoms with Crippen molar-refractivity contribution in [1.29, 1.82) is 0 Å². The summed E-state index contributed by atoms with van der Waals surface area (Å²) in [5.74, 6) is -1.30. The normalized spacial score (nSPS) is 11.6. The summed E-state index contributed by atoms with van der Waals surface area (Å²) < 4.78 is 39.9. The Kier molecular flexibility index (Phi) is 3.78. The molecule has 6 heteroatoms. The van der Waals surface area contributed by atoms with E-state index < -0.39 is 21.6 Å². The zero-order chi connectivity index (χ0) is 12.2. The minimum absolute atomic E-state index is 0.0888. The van der Waals surface area contributed by atoms with Crippen LogP contribution in [0.25, 0.3) is 0 Å². The minimum atomic E-state index is -3.73. The zero-order valence-corrected chi connectivity index (χ0v) is 9.20. The lowest BCUT2D eigenvalue weighted by Crippen LogP contribution is -2.00. The van der Waals surface area contributed by atoms with Gasteiger partial charge in [-0.3, -0.25) is 0 Å². The van der Waals surface area contributed by atoms with Gasteiger partial charge in [-0.1, -0.05) is 0 Å². The largest absolute Gasteiger partial charge is 0.466 e. The Morgan fingerprint density at radius 3 is 2.38 bits per heavy atom. The van der Waals surface area contributed by atoms with E-state index in [1.807, 2.05) is 0 Å². The maximum Gasteiger partial charge on any atom is 0.331 e. The minimum Gasteiger partial charge on any atom is -0.466 e. The molecule has 86 valence electrons. The Hall–Kier alpha value is -1.69. The number of methoxy groups -OCH3 is 1. The first-order chi connectivity index (χ1) is 7.45. The molecule has 0 bridgehead atoms. The van der Waals surface area contributed by atoms with Gasteiger partial charge in [0, 0.05) is 11.5 Å². The summed E-state index contributed by atoms with van der Waals surface area (Å²) in [6, 6.07) is 4.29. The van der Waals surface area contributed by atoms with Crippen molar-refractivity contribution in [3.63, 3.8) is 0 Å². The van der Waals surface area contributed by atoms with E-state index in [1.165, 1.54) is 0 Å². The van der Waals surface area contributed by atoms with Gasteiger partial charge in [0.2, 0.25) is 0 Å². The molecule has 0 saturated carbocycles. The third-order valence-electron chi connectivity index (χ3n) is 1.73. The van der Waals surface area contributed by atoms with Crippen molar-refractivity contribution in [1.82, 2.24) is 0 Å². The van der Waals surface area contributed by atoms with Gasteiger partial charge >= 0.3 is 5.97 Å². The van der Waals surface area contributed by atoms with E-state index in [0.717, 1.165) is 37.5 Å². The van der Waals surface area contributed by atoms with Crippen LogP contribution in [0, 0.1) is 5.82 Å². The molecule has 0 aliphatic rings. The summed E-state index contributed by atoms with van der Waals surface area (Å²) in [6.07, 6.45) is 0.790. The van der Waals surface area contributed by atoms with Gasteiger partial charge in [0.1, 0.15) is 5.82 Å². The van der Waals surface area contributed by atoms with Crippen LogP contribution in [0.2, 0.25) is 0 Å². The second kappa shape index (κ2) is 4.89. The van der Waals surface area contributed by atoms with Crippen LogP contribution in [0.1, 0.15) is 0 Å². The van der Waals surface area contributed by atoms with Crippen molar-refractivity contribution in [2.75, 3.05) is 7.11 Å². The van der Waals surface area contributed by atoms with Crippen LogP contribution in [0.3, 0.4) is 0 Å². The van der Waals surface area contributed by atoms with E-state index in [2.05, 4.69) is 4.74 Å². The van der Waals surface area contributed by atoms with Crippen LogP contribution in [0.15, 0.2) is 40.6 Å². The molecular formula is C10H9FO4S. The molecule has 1 aromatic rings. The average molecular weight is 244 g/mol. The monoisotopic (exact) mass is 244 g/mol. The lowest BCUT2D eigenvalue weighted by atomic mass is 10.4. The zero-order valence-electron chi connectivity index (χ0n) is 8.38. The lowest BCUT2D eigenvalue weighted by Gasteiger charge is -1.98. The van der Waals surface area contributed by atoms with Crippen molar-refractivity contribution in [2.45, 2.75) is 4.90 Å². The molecule has 0 unspecified atom stereocenters. The number of carbonyl (C=O) groups is 1. The fourth-order valence-electron chi connectivity index (χ4n) is 0.916. The third-order valence-corrected chi connectivity index (χ3v) is 3.15. The van der Waals surface area contributed by atoms with Crippen molar-refractivity contribution >= 4 is 15.8 Å².